The molecular formula is C15H24N4S. The van der Waals surface area contributed by atoms with Crippen LogP contribution in [-0.4, -0.2) is 14.8 Å². The van der Waals surface area contributed by atoms with Crippen LogP contribution in [0.1, 0.15) is 58.5 Å². The minimum atomic E-state index is 0.278. The lowest BCUT2D eigenvalue weighted by Crippen LogP contribution is -2.23. The molecule has 0 saturated heterocycles. The van der Waals surface area contributed by atoms with Crippen LogP contribution in [0.3, 0.4) is 0 Å². The Morgan fingerprint density at radius 1 is 1.05 bits per heavy atom. The van der Waals surface area contributed by atoms with Gasteiger partial charge in [0, 0.05) is 35.3 Å². The lowest BCUT2D eigenvalue weighted by molar-refractivity contribution is 0.494. The zero-order valence-electron chi connectivity index (χ0n) is 13.4. The summed E-state index contributed by atoms with van der Waals surface area (Å²) in [6.45, 7) is 12.8. The second-order valence-corrected chi connectivity index (χ2v) is 6.74. The highest BCUT2D eigenvalue weighted by Gasteiger charge is 2.20. The summed E-state index contributed by atoms with van der Waals surface area (Å²) in [4.78, 5) is 5.84. The standard InChI is InChI=1S/C15H24N4S/c1-8(14-9(2)18-19(7)12(14)5)16-10(3)15-11(4)17-13(6)20-15/h8,10,16H,1-7H3. The van der Waals surface area contributed by atoms with Crippen LogP contribution in [0.5, 0.6) is 0 Å². The van der Waals surface area contributed by atoms with Crippen molar-refractivity contribution in [2.75, 3.05) is 0 Å². The van der Waals surface area contributed by atoms with Gasteiger partial charge in [-0.1, -0.05) is 0 Å². The van der Waals surface area contributed by atoms with E-state index in [1.165, 1.54) is 16.1 Å². The fourth-order valence-corrected chi connectivity index (χ4v) is 3.84. The lowest BCUT2D eigenvalue weighted by atomic mass is 10.1. The van der Waals surface area contributed by atoms with Crippen molar-refractivity contribution in [2.45, 2.75) is 53.6 Å². The molecule has 0 aromatic carbocycles. The summed E-state index contributed by atoms with van der Waals surface area (Å²) in [7, 11) is 2.00. The molecule has 2 heterocycles. The van der Waals surface area contributed by atoms with Crippen molar-refractivity contribution >= 4 is 11.3 Å². The highest BCUT2D eigenvalue weighted by Crippen LogP contribution is 2.28. The predicted molar refractivity (Wildman–Crippen MR) is 84.2 cm³/mol. The van der Waals surface area contributed by atoms with E-state index in [9.17, 15) is 0 Å². The van der Waals surface area contributed by atoms with Gasteiger partial charge in [-0.25, -0.2) is 4.98 Å². The molecule has 0 fully saturated rings. The van der Waals surface area contributed by atoms with Crippen LogP contribution in [0.15, 0.2) is 0 Å². The smallest absolute Gasteiger partial charge is 0.0900 e. The van der Waals surface area contributed by atoms with Crippen molar-refractivity contribution in [3.8, 4) is 0 Å². The van der Waals surface area contributed by atoms with Gasteiger partial charge in [-0.05, 0) is 41.5 Å². The van der Waals surface area contributed by atoms with Crippen LogP contribution in [0, 0.1) is 27.7 Å². The van der Waals surface area contributed by atoms with E-state index in [2.05, 4.69) is 56.9 Å². The first kappa shape index (κ1) is 15.2. The van der Waals surface area contributed by atoms with Crippen molar-refractivity contribution in [3.63, 3.8) is 0 Å². The molecule has 2 rings (SSSR count). The third-order valence-electron chi connectivity index (χ3n) is 3.83. The molecule has 0 radical (unpaired) electrons. The molecule has 110 valence electrons. The normalized spacial score (nSPS) is 14.6. The second-order valence-electron chi connectivity index (χ2n) is 5.50. The van der Waals surface area contributed by atoms with Crippen LogP contribution in [0.2, 0.25) is 0 Å². The Labute approximate surface area is 125 Å². The number of aromatic nitrogens is 3. The van der Waals surface area contributed by atoms with Crippen LogP contribution in [-0.2, 0) is 7.05 Å². The average molecular weight is 292 g/mol. The molecular weight excluding hydrogens is 268 g/mol. The van der Waals surface area contributed by atoms with Gasteiger partial charge in [0.15, 0.2) is 0 Å². The molecule has 2 aromatic rings. The van der Waals surface area contributed by atoms with Crippen molar-refractivity contribution in [2.24, 2.45) is 7.05 Å². The van der Waals surface area contributed by atoms with Gasteiger partial charge in [0.2, 0.25) is 0 Å². The Bertz CT molecular complexity index is 612. The van der Waals surface area contributed by atoms with Crippen LogP contribution in [0.25, 0.3) is 0 Å². The molecule has 2 unspecified atom stereocenters. The molecule has 0 bridgehead atoms. The third kappa shape index (κ3) is 2.79. The quantitative estimate of drug-likeness (QED) is 0.937. The monoisotopic (exact) mass is 292 g/mol. The fourth-order valence-electron chi connectivity index (χ4n) is 2.90. The number of hydrogen-bond acceptors (Lipinski definition) is 4. The third-order valence-corrected chi connectivity index (χ3v) is 5.09. The topological polar surface area (TPSA) is 42.7 Å². The van der Waals surface area contributed by atoms with Crippen molar-refractivity contribution in [1.82, 2.24) is 20.1 Å². The Balaban J connectivity index is 2.19. The molecule has 20 heavy (non-hydrogen) atoms. The molecule has 0 saturated carbocycles. The Morgan fingerprint density at radius 2 is 1.70 bits per heavy atom. The first-order valence-electron chi connectivity index (χ1n) is 7.01. The van der Waals surface area contributed by atoms with Crippen LogP contribution >= 0.6 is 11.3 Å². The lowest BCUT2D eigenvalue weighted by Gasteiger charge is -2.20. The highest BCUT2D eigenvalue weighted by atomic mass is 32.1. The van der Waals surface area contributed by atoms with E-state index in [-0.39, 0.29) is 6.04 Å². The second kappa shape index (κ2) is 5.66. The van der Waals surface area contributed by atoms with E-state index in [0.29, 0.717) is 6.04 Å². The Kier molecular flexibility index (Phi) is 4.30. The summed E-state index contributed by atoms with van der Waals surface area (Å²) in [5, 5.41) is 9.31. The van der Waals surface area contributed by atoms with Gasteiger partial charge in [0.1, 0.15) is 0 Å². The summed E-state index contributed by atoms with van der Waals surface area (Å²) >= 11 is 1.78. The molecule has 1 N–H and O–H groups in total. The van der Waals surface area contributed by atoms with Crippen molar-refractivity contribution in [1.29, 1.82) is 0 Å². The van der Waals surface area contributed by atoms with Gasteiger partial charge >= 0.3 is 0 Å². The first-order chi connectivity index (χ1) is 9.31. The summed E-state index contributed by atoms with van der Waals surface area (Å²) < 4.78 is 1.95. The average Bonchev–Trinajstić information content (AvgIpc) is 2.79. The molecule has 0 aliphatic carbocycles. The molecule has 0 aliphatic heterocycles. The maximum atomic E-state index is 4.51. The largest absolute Gasteiger partial charge is 0.303 e. The minimum Gasteiger partial charge on any atom is -0.303 e. The first-order valence-corrected chi connectivity index (χ1v) is 7.83. The summed E-state index contributed by atoms with van der Waals surface area (Å²) in [6.07, 6.45) is 0. The van der Waals surface area contributed by atoms with Gasteiger partial charge in [-0.15, -0.1) is 11.3 Å². The minimum absolute atomic E-state index is 0.278. The summed E-state index contributed by atoms with van der Waals surface area (Å²) in [5.74, 6) is 0. The summed E-state index contributed by atoms with van der Waals surface area (Å²) in [5.41, 5.74) is 4.78. The molecule has 0 amide bonds. The maximum Gasteiger partial charge on any atom is 0.0900 e. The van der Waals surface area contributed by atoms with Gasteiger partial charge in [-0.3, -0.25) is 4.68 Å². The predicted octanol–water partition coefficient (Wildman–Crippen LogP) is 3.52. The Hall–Kier alpha value is -1.20. The van der Waals surface area contributed by atoms with Gasteiger partial charge < -0.3 is 5.32 Å². The molecule has 0 aliphatic rings. The van der Waals surface area contributed by atoms with E-state index >= 15 is 0 Å². The van der Waals surface area contributed by atoms with Crippen LogP contribution in [0.4, 0.5) is 0 Å². The van der Waals surface area contributed by atoms with Crippen LogP contribution < -0.4 is 5.32 Å². The van der Waals surface area contributed by atoms with E-state index in [1.54, 1.807) is 11.3 Å². The van der Waals surface area contributed by atoms with E-state index < -0.39 is 0 Å². The fraction of sp³-hybridized carbons (Fsp3) is 0.600. The highest BCUT2D eigenvalue weighted by molar-refractivity contribution is 7.11. The number of aryl methyl sites for hydroxylation is 4. The van der Waals surface area contributed by atoms with Crippen molar-refractivity contribution < 1.29 is 0 Å². The maximum absolute atomic E-state index is 4.51. The number of hydrogen-bond donors (Lipinski definition) is 1. The Morgan fingerprint density at radius 3 is 2.15 bits per heavy atom. The molecule has 0 spiro atoms. The molecule has 4 nitrogen and oxygen atoms in total. The van der Waals surface area contributed by atoms with Gasteiger partial charge in [0.25, 0.3) is 0 Å². The van der Waals surface area contributed by atoms with Crippen molar-refractivity contribution in [3.05, 3.63) is 32.5 Å². The molecule has 5 heteroatoms. The van der Waals surface area contributed by atoms with E-state index in [0.717, 1.165) is 16.4 Å². The number of thiazole rings is 1. The number of rotatable bonds is 4. The number of nitrogens with zero attached hydrogens (tertiary/aromatic N) is 3. The molecule has 2 aromatic heterocycles. The van der Waals surface area contributed by atoms with E-state index in [4.69, 9.17) is 0 Å². The van der Waals surface area contributed by atoms with E-state index in [1.807, 2.05) is 11.7 Å². The zero-order valence-corrected chi connectivity index (χ0v) is 14.2. The van der Waals surface area contributed by atoms with Gasteiger partial charge in [-0.2, -0.15) is 5.10 Å². The SMILES string of the molecule is Cc1nc(C)c(C(C)NC(C)c2c(C)nn(C)c2C)s1. The number of nitrogens with one attached hydrogen (secondary N) is 1. The van der Waals surface area contributed by atoms with Gasteiger partial charge in [0.05, 0.1) is 16.4 Å². The zero-order chi connectivity index (χ0) is 15.0. The molecule has 2 atom stereocenters. The summed E-state index contributed by atoms with van der Waals surface area (Å²) in [6, 6.07) is 0.579.